The third-order valence-corrected chi connectivity index (χ3v) is 2.55. The summed E-state index contributed by atoms with van der Waals surface area (Å²) in [6.45, 7) is 5.55. The molecule has 78 valence electrons. The third-order valence-electron chi connectivity index (χ3n) is 2.55. The molecule has 0 bridgehead atoms. The second-order valence-electron chi connectivity index (χ2n) is 3.68. The SMILES string of the molecule is C=CCn1ccc2ccc(CNC)cc21. The lowest BCUT2D eigenvalue weighted by molar-refractivity contribution is 0.815. The van der Waals surface area contributed by atoms with Gasteiger partial charge in [-0.15, -0.1) is 6.58 Å². The van der Waals surface area contributed by atoms with Crippen LogP contribution in [-0.4, -0.2) is 11.6 Å². The molecule has 2 rings (SSSR count). The van der Waals surface area contributed by atoms with Gasteiger partial charge in [0.25, 0.3) is 0 Å². The fourth-order valence-corrected chi connectivity index (χ4v) is 1.84. The van der Waals surface area contributed by atoms with Crippen LogP contribution in [0.1, 0.15) is 5.56 Å². The summed E-state index contributed by atoms with van der Waals surface area (Å²) >= 11 is 0. The van der Waals surface area contributed by atoms with Crippen molar-refractivity contribution in [2.24, 2.45) is 0 Å². The van der Waals surface area contributed by atoms with Gasteiger partial charge in [0.1, 0.15) is 0 Å². The summed E-state index contributed by atoms with van der Waals surface area (Å²) in [6, 6.07) is 8.70. The van der Waals surface area contributed by atoms with E-state index in [1.54, 1.807) is 0 Å². The van der Waals surface area contributed by atoms with Gasteiger partial charge in [0.2, 0.25) is 0 Å². The molecule has 0 unspecified atom stereocenters. The number of fused-ring (bicyclic) bond motifs is 1. The molecule has 0 aliphatic rings. The van der Waals surface area contributed by atoms with Crippen LogP contribution in [0.4, 0.5) is 0 Å². The highest BCUT2D eigenvalue weighted by atomic mass is 14.9. The van der Waals surface area contributed by atoms with Crippen LogP contribution in [0.15, 0.2) is 43.1 Å². The highest BCUT2D eigenvalue weighted by molar-refractivity contribution is 5.80. The molecule has 1 N–H and O–H groups in total. The van der Waals surface area contributed by atoms with Crippen molar-refractivity contribution in [1.29, 1.82) is 0 Å². The van der Waals surface area contributed by atoms with Crippen molar-refractivity contribution >= 4 is 10.9 Å². The van der Waals surface area contributed by atoms with Gasteiger partial charge in [0.15, 0.2) is 0 Å². The number of hydrogen-bond acceptors (Lipinski definition) is 1. The zero-order valence-corrected chi connectivity index (χ0v) is 9.03. The van der Waals surface area contributed by atoms with Crippen molar-refractivity contribution in [3.8, 4) is 0 Å². The fourth-order valence-electron chi connectivity index (χ4n) is 1.84. The van der Waals surface area contributed by atoms with Crippen molar-refractivity contribution in [3.63, 3.8) is 0 Å². The minimum Gasteiger partial charge on any atom is -0.344 e. The second-order valence-corrected chi connectivity index (χ2v) is 3.68. The Bertz CT molecular complexity index is 468. The van der Waals surface area contributed by atoms with E-state index in [0.29, 0.717) is 0 Å². The van der Waals surface area contributed by atoms with Crippen LogP contribution in [0.5, 0.6) is 0 Å². The Morgan fingerprint density at radius 3 is 3.00 bits per heavy atom. The average Bonchev–Trinajstić information content (AvgIpc) is 2.63. The second kappa shape index (κ2) is 4.32. The Hall–Kier alpha value is -1.54. The van der Waals surface area contributed by atoms with Crippen LogP contribution in [0.3, 0.4) is 0 Å². The van der Waals surface area contributed by atoms with Gasteiger partial charge in [0.05, 0.1) is 0 Å². The molecule has 2 heteroatoms. The van der Waals surface area contributed by atoms with E-state index in [4.69, 9.17) is 0 Å². The maximum absolute atomic E-state index is 3.77. The van der Waals surface area contributed by atoms with E-state index in [2.05, 4.69) is 46.9 Å². The summed E-state index contributed by atoms with van der Waals surface area (Å²) in [5, 5.41) is 4.45. The summed E-state index contributed by atoms with van der Waals surface area (Å²) < 4.78 is 2.21. The smallest absolute Gasteiger partial charge is 0.0486 e. The fraction of sp³-hybridized carbons (Fsp3) is 0.231. The highest BCUT2D eigenvalue weighted by Crippen LogP contribution is 2.17. The van der Waals surface area contributed by atoms with Gasteiger partial charge in [-0.1, -0.05) is 18.2 Å². The summed E-state index contributed by atoms with van der Waals surface area (Å²) in [5.74, 6) is 0. The first-order chi connectivity index (χ1) is 7.35. The van der Waals surface area contributed by atoms with Crippen molar-refractivity contribution in [2.75, 3.05) is 7.05 Å². The Balaban J connectivity index is 2.46. The Labute approximate surface area is 90.2 Å². The maximum Gasteiger partial charge on any atom is 0.0486 e. The predicted molar refractivity (Wildman–Crippen MR) is 64.9 cm³/mol. The number of hydrogen-bond donors (Lipinski definition) is 1. The standard InChI is InChI=1S/C13H16N2/c1-3-7-15-8-6-12-5-4-11(10-14-2)9-13(12)15/h3-6,8-9,14H,1,7,10H2,2H3. The molecule has 0 aliphatic carbocycles. The summed E-state index contributed by atoms with van der Waals surface area (Å²) in [7, 11) is 1.97. The molecule has 1 aromatic heterocycles. The van der Waals surface area contributed by atoms with Crippen molar-refractivity contribution in [3.05, 3.63) is 48.7 Å². The summed E-state index contributed by atoms with van der Waals surface area (Å²) in [5.41, 5.74) is 2.59. The average molecular weight is 200 g/mol. The molecule has 2 nitrogen and oxygen atoms in total. The van der Waals surface area contributed by atoms with Crippen LogP contribution in [-0.2, 0) is 13.1 Å². The van der Waals surface area contributed by atoms with Crippen molar-refractivity contribution < 1.29 is 0 Å². The van der Waals surface area contributed by atoms with Gasteiger partial charge < -0.3 is 9.88 Å². The molecule has 0 spiro atoms. The zero-order valence-electron chi connectivity index (χ0n) is 9.03. The molecule has 0 saturated heterocycles. The van der Waals surface area contributed by atoms with E-state index >= 15 is 0 Å². The third kappa shape index (κ3) is 1.95. The van der Waals surface area contributed by atoms with E-state index in [-0.39, 0.29) is 0 Å². The van der Waals surface area contributed by atoms with Gasteiger partial charge in [-0.2, -0.15) is 0 Å². The molecule has 0 fully saturated rings. The molecule has 0 atom stereocenters. The molecule has 0 radical (unpaired) electrons. The molecule has 15 heavy (non-hydrogen) atoms. The maximum atomic E-state index is 3.77. The van der Waals surface area contributed by atoms with E-state index in [1.165, 1.54) is 16.5 Å². The number of allylic oxidation sites excluding steroid dienone is 1. The van der Waals surface area contributed by atoms with Gasteiger partial charge in [0, 0.05) is 24.8 Å². The summed E-state index contributed by atoms with van der Waals surface area (Å²) in [6.07, 6.45) is 4.03. The molecule has 1 aromatic carbocycles. The van der Waals surface area contributed by atoms with E-state index in [0.717, 1.165) is 13.1 Å². The number of nitrogens with one attached hydrogen (secondary N) is 1. The topological polar surface area (TPSA) is 17.0 Å². The molecule has 0 saturated carbocycles. The minimum atomic E-state index is 0.868. The van der Waals surface area contributed by atoms with Gasteiger partial charge >= 0.3 is 0 Å². The number of nitrogens with zero attached hydrogens (tertiary/aromatic N) is 1. The molecular weight excluding hydrogens is 184 g/mol. The quantitative estimate of drug-likeness (QED) is 0.750. The number of rotatable bonds is 4. The predicted octanol–water partition coefficient (Wildman–Crippen LogP) is 2.55. The van der Waals surface area contributed by atoms with E-state index < -0.39 is 0 Å². The normalized spacial score (nSPS) is 10.7. The van der Waals surface area contributed by atoms with E-state index in [9.17, 15) is 0 Å². The summed E-state index contributed by atoms with van der Waals surface area (Å²) in [4.78, 5) is 0. The van der Waals surface area contributed by atoms with Gasteiger partial charge in [-0.3, -0.25) is 0 Å². The van der Waals surface area contributed by atoms with E-state index in [1.807, 2.05) is 13.1 Å². The van der Waals surface area contributed by atoms with Crippen LogP contribution in [0.25, 0.3) is 10.9 Å². The van der Waals surface area contributed by atoms with Crippen LogP contribution < -0.4 is 5.32 Å². The molecule has 2 aromatic rings. The van der Waals surface area contributed by atoms with Crippen LogP contribution >= 0.6 is 0 Å². The molecular formula is C13H16N2. The molecule has 1 heterocycles. The largest absolute Gasteiger partial charge is 0.344 e. The first-order valence-corrected chi connectivity index (χ1v) is 5.18. The number of aromatic nitrogens is 1. The Morgan fingerprint density at radius 1 is 1.40 bits per heavy atom. The zero-order chi connectivity index (χ0) is 10.7. The minimum absolute atomic E-state index is 0.868. The lowest BCUT2D eigenvalue weighted by Gasteiger charge is -2.04. The van der Waals surface area contributed by atoms with Crippen LogP contribution in [0.2, 0.25) is 0 Å². The van der Waals surface area contributed by atoms with Gasteiger partial charge in [-0.25, -0.2) is 0 Å². The Kier molecular flexibility index (Phi) is 2.88. The first kappa shape index (κ1) is 9.99. The monoisotopic (exact) mass is 200 g/mol. The van der Waals surface area contributed by atoms with Crippen LogP contribution in [0, 0.1) is 0 Å². The lowest BCUT2D eigenvalue weighted by Crippen LogP contribution is -2.05. The van der Waals surface area contributed by atoms with Crippen molar-refractivity contribution in [2.45, 2.75) is 13.1 Å². The highest BCUT2D eigenvalue weighted by Gasteiger charge is 2.00. The first-order valence-electron chi connectivity index (χ1n) is 5.18. The Morgan fingerprint density at radius 2 is 2.27 bits per heavy atom. The van der Waals surface area contributed by atoms with Gasteiger partial charge in [-0.05, 0) is 30.1 Å². The molecule has 0 aliphatic heterocycles. The van der Waals surface area contributed by atoms with Crippen molar-refractivity contribution in [1.82, 2.24) is 9.88 Å². The lowest BCUT2D eigenvalue weighted by atomic mass is 10.1. The number of benzene rings is 1. The molecule has 0 amide bonds.